The molecule has 0 bridgehead atoms. The van der Waals surface area contributed by atoms with Crippen LogP contribution in [0, 0.1) is 0 Å². The average molecular weight is 362 g/mol. The third-order valence-corrected chi connectivity index (χ3v) is 4.83. The van der Waals surface area contributed by atoms with Crippen molar-refractivity contribution in [2.75, 3.05) is 13.2 Å². The fraction of sp³-hybridized carbons (Fsp3) is 0.556. The maximum Gasteiger partial charge on any atom is 0.321 e. The van der Waals surface area contributed by atoms with Crippen molar-refractivity contribution in [1.29, 1.82) is 0 Å². The van der Waals surface area contributed by atoms with Crippen LogP contribution in [0.4, 0.5) is 4.79 Å². The highest BCUT2D eigenvalue weighted by atomic mass is 16.8. The van der Waals surface area contributed by atoms with E-state index in [1.165, 1.54) is 0 Å². The molecule has 140 valence electrons. The third kappa shape index (κ3) is 2.99. The van der Waals surface area contributed by atoms with Crippen LogP contribution in [0.2, 0.25) is 0 Å². The maximum atomic E-state index is 12.5. The predicted molar refractivity (Wildman–Crippen MR) is 89.1 cm³/mol. The monoisotopic (exact) mass is 362 g/mol. The van der Waals surface area contributed by atoms with E-state index in [0.717, 1.165) is 5.56 Å². The smallest absolute Gasteiger partial charge is 0.321 e. The zero-order valence-electron chi connectivity index (χ0n) is 14.7. The second-order valence-corrected chi connectivity index (χ2v) is 7.20. The maximum absolute atomic E-state index is 12.5. The summed E-state index contributed by atoms with van der Waals surface area (Å²) in [5.74, 6) is -1.35. The molecule has 1 aromatic carbocycles. The van der Waals surface area contributed by atoms with Crippen LogP contribution in [0.25, 0.3) is 0 Å². The van der Waals surface area contributed by atoms with Gasteiger partial charge in [-0.15, -0.1) is 0 Å². The van der Waals surface area contributed by atoms with Crippen molar-refractivity contribution in [3.63, 3.8) is 0 Å². The third-order valence-electron chi connectivity index (χ3n) is 4.83. The van der Waals surface area contributed by atoms with Gasteiger partial charge in [-0.1, -0.05) is 30.3 Å². The van der Waals surface area contributed by atoms with E-state index in [4.69, 9.17) is 18.9 Å². The van der Waals surface area contributed by atoms with Gasteiger partial charge in [0.2, 0.25) is 0 Å². The van der Waals surface area contributed by atoms with Gasteiger partial charge in [-0.25, -0.2) is 4.79 Å². The molecule has 1 spiro atoms. The van der Waals surface area contributed by atoms with Gasteiger partial charge in [0.1, 0.15) is 18.3 Å². The van der Waals surface area contributed by atoms with Crippen molar-refractivity contribution >= 4 is 11.9 Å². The van der Waals surface area contributed by atoms with E-state index in [0.29, 0.717) is 6.61 Å². The number of imide groups is 1. The molecular formula is C18H22N2O6. The van der Waals surface area contributed by atoms with Gasteiger partial charge in [-0.05, 0) is 19.4 Å². The first-order valence-corrected chi connectivity index (χ1v) is 8.64. The molecule has 8 heteroatoms. The van der Waals surface area contributed by atoms with Gasteiger partial charge >= 0.3 is 6.03 Å². The van der Waals surface area contributed by atoms with Crippen LogP contribution in [0.1, 0.15) is 19.4 Å². The number of urea groups is 1. The fourth-order valence-electron chi connectivity index (χ4n) is 3.69. The van der Waals surface area contributed by atoms with E-state index in [9.17, 15) is 9.59 Å². The van der Waals surface area contributed by atoms with Crippen molar-refractivity contribution in [3.05, 3.63) is 35.9 Å². The first-order valence-electron chi connectivity index (χ1n) is 8.64. The molecular weight excluding hydrogens is 340 g/mol. The van der Waals surface area contributed by atoms with Crippen LogP contribution < -0.4 is 10.6 Å². The lowest BCUT2D eigenvalue weighted by Crippen LogP contribution is -2.67. The molecule has 3 aliphatic rings. The lowest BCUT2D eigenvalue weighted by molar-refractivity contribution is -0.214. The van der Waals surface area contributed by atoms with E-state index in [1.807, 2.05) is 30.3 Å². The molecule has 3 saturated heterocycles. The molecule has 2 N–H and O–H groups in total. The molecule has 3 aliphatic heterocycles. The molecule has 26 heavy (non-hydrogen) atoms. The van der Waals surface area contributed by atoms with Crippen LogP contribution in [0.3, 0.4) is 0 Å². The first-order chi connectivity index (χ1) is 12.4. The Labute approximate surface area is 151 Å². The van der Waals surface area contributed by atoms with Gasteiger partial charge in [0, 0.05) is 0 Å². The summed E-state index contributed by atoms with van der Waals surface area (Å²) in [6.45, 7) is 4.30. The number of hydrogen-bond donors (Lipinski definition) is 2. The highest BCUT2D eigenvalue weighted by Crippen LogP contribution is 2.44. The van der Waals surface area contributed by atoms with Crippen molar-refractivity contribution in [3.8, 4) is 0 Å². The number of ether oxygens (including phenoxy) is 4. The van der Waals surface area contributed by atoms with Crippen LogP contribution in [-0.2, 0) is 30.3 Å². The lowest BCUT2D eigenvalue weighted by Gasteiger charge is -2.36. The Kier molecular flexibility index (Phi) is 4.23. The van der Waals surface area contributed by atoms with Crippen LogP contribution in [0.5, 0.6) is 0 Å². The topological polar surface area (TPSA) is 95.1 Å². The van der Waals surface area contributed by atoms with Crippen molar-refractivity contribution in [2.45, 2.75) is 50.2 Å². The van der Waals surface area contributed by atoms with Gasteiger partial charge in [0.25, 0.3) is 5.91 Å². The minimum absolute atomic E-state index is 0.0352. The van der Waals surface area contributed by atoms with E-state index in [-0.39, 0.29) is 13.2 Å². The standard InChI is InChI=1S/C18H22N2O6/c1-17(2)25-13-12(9-23-8-11-6-4-3-5-7-11)24-18(14(13)26-17)10-19-16(22)20-15(18)21/h3-7,12-14H,8-10H2,1-2H3,(H2,19,20,21,22)/t12-,13?,14?,18+/m1/s1. The quantitative estimate of drug-likeness (QED) is 0.819. The van der Waals surface area contributed by atoms with Crippen molar-refractivity contribution in [1.82, 2.24) is 10.6 Å². The Bertz CT molecular complexity index is 709. The summed E-state index contributed by atoms with van der Waals surface area (Å²) in [6.07, 6.45) is -1.56. The Balaban J connectivity index is 1.49. The summed E-state index contributed by atoms with van der Waals surface area (Å²) >= 11 is 0. The molecule has 3 amide bonds. The number of carbonyl (C=O) groups is 2. The second-order valence-electron chi connectivity index (χ2n) is 7.20. The minimum Gasteiger partial charge on any atom is -0.374 e. The molecule has 8 nitrogen and oxygen atoms in total. The molecule has 0 saturated carbocycles. The summed E-state index contributed by atoms with van der Waals surface area (Å²) in [5.41, 5.74) is -0.268. The average Bonchev–Trinajstić information content (AvgIpc) is 3.06. The summed E-state index contributed by atoms with van der Waals surface area (Å²) in [6, 6.07) is 9.25. The Morgan fingerprint density at radius 1 is 1.15 bits per heavy atom. The number of amides is 3. The van der Waals surface area contributed by atoms with Crippen LogP contribution in [-0.4, -0.2) is 54.8 Å². The molecule has 0 aromatic heterocycles. The Morgan fingerprint density at radius 3 is 2.65 bits per heavy atom. The number of nitrogens with one attached hydrogen (secondary N) is 2. The van der Waals surface area contributed by atoms with E-state index in [2.05, 4.69) is 10.6 Å². The Morgan fingerprint density at radius 2 is 1.92 bits per heavy atom. The minimum atomic E-state index is -1.31. The SMILES string of the molecule is CC1(C)OC2C(O1)[C@]1(CNC(=O)NC1=O)O[C@@H]2COCc1ccccc1. The van der Waals surface area contributed by atoms with Gasteiger partial charge in [0.15, 0.2) is 11.4 Å². The van der Waals surface area contributed by atoms with Gasteiger partial charge in [-0.3, -0.25) is 10.1 Å². The molecule has 2 unspecified atom stereocenters. The van der Waals surface area contributed by atoms with Crippen LogP contribution >= 0.6 is 0 Å². The van der Waals surface area contributed by atoms with Crippen LogP contribution in [0.15, 0.2) is 30.3 Å². The predicted octanol–water partition coefficient (Wildman–Crippen LogP) is 0.700. The molecule has 3 fully saturated rings. The lowest BCUT2D eigenvalue weighted by atomic mass is 9.92. The second kappa shape index (κ2) is 6.31. The molecule has 4 rings (SSSR count). The molecule has 0 aliphatic carbocycles. The molecule has 3 heterocycles. The number of carbonyl (C=O) groups excluding carboxylic acids is 2. The first kappa shape index (κ1) is 17.4. The highest BCUT2D eigenvalue weighted by molar-refractivity contribution is 6.02. The van der Waals surface area contributed by atoms with Gasteiger partial charge in [0.05, 0.1) is 19.8 Å². The molecule has 1 aromatic rings. The van der Waals surface area contributed by atoms with Crippen molar-refractivity contribution < 1.29 is 28.5 Å². The fourth-order valence-corrected chi connectivity index (χ4v) is 3.69. The molecule has 4 atom stereocenters. The zero-order valence-corrected chi connectivity index (χ0v) is 14.7. The van der Waals surface area contributed by atoms with Gasteiger partial charge in [-0.2, -0.15) is 0 Å². The number of fused-ring (bicyclic) bond motifs is 2. The van der Waals surface area contributed by atoms with Crippen molar-refractivity contribution in [2.24, 2.45) is 0 Å². The highest BCUT2D eigenvalue weighted by Gasteiger charge is 2.67. The zero-order chi connectivity index (χ0) is 18.4. The number of rotatable bonds is 4. The van der Waals surface area contributed by atoms with E-state index >= 15 is 0 Å². The number of hydrogen-bond acceptors (Lipinski definition) is 6. The summed E-state index contributed by atoms with van der Waals surface area (Å²) in [5, 5.41) is 4.88. The summed E-state index contributed by atoms with van der Waals surface area (Å²) < 4.78 is 23.8. The van der Waals surface area contributed by atoms with Gasteiger partial charge < -0.3 is 24.3 Å². The Hall–Kier alpha value is -2.00. The number of benzene rings is 1. The van der Waals surface area contributed by atoms with E-state index < -0.39 is 41.6 Å². The molecule has 0 radical (unpaired) electrons. The van der Waals surface area contributed by atoms with E-state index in [1.54, 1.807) is 13.8 Å². The largest absolute Gasteiger partial charge is 0.374 e. The summed E-state index contributed by atoms with van der Waals surface area (Å²) in [4.78, 5) is 24.0. The summed E-state index contributed by atoms with van der Waals surface area (Å²) in [7, 11) is 0. The normalized spacial score (nSPS) is 35.2.